The van der Waals surface area contributed by atoms with Crippen LogP contribution in [-0.4, -0.2) is 21.1 Å². The summed E-state index contributed by atoms with van der Waals surface area (Å²) in [7, 11) is 0. The summed E-state index contributed by atoms with van der Waals surface area (Å²) in [5, 5.41) is 3.54. The van der Waals surface area contributed by atoms with E-state index in [1.165, 1.54) is 19.3 Å². The number of hydrogen-bond donors (Lipinski definition) is 1. The Bertz CT molecular complexity index is 497. The Morgan fingerprint density at radius 3 is 3.19 bits per heavy atom. The molecule has 4 heteroatoms. The molecule has 3 heterocycles. The number of nitrogens with one attached hydrogen (secondary N) is 1. The number of hydrogen-bond acceptors (Lipinski definition) is 3. The molecule has 16 heavy (non-hydrogen) atoms. The average Bonchev–Trinajstić information content (AvgIpc) is 2.66. The van der Waals surface area contributed by atoms with E-state index in [1.807, 2.05) is 18.3 Å². The van der Waals surface area contributed by atoms with E-state index in [0.29, 0.717) is 6.17 Å². The normalized spacial score (nSPS) is 21.4. The van der Waals surface area contributed by atoms with Gasteiger partial charge >= 0.3 is 0 Å². The monoisotopic (exact) mass is 216 g/mol. The van der Waals surface area contributed by atoms with Crippen molar-refractivity contribution >= 4 is 11.2 Å². The van der Waals surface area contributed by atoms with Gasteiger partial charge in [-0.2, -0.15) is 0 Å². The lowest BCUT2D eigenvalue weighted by molar-refractivity contribution is 0.321. The smallest absolute Gasteiger partial charge is 0.161 e. The highest BCUT2D eigenvalue weighted by Crippen LogP contribution is 2.23. The predicted molar refractivity (Wildman–Crippen MR) is 63.2 cm³/mol. The molecule has 0 aromatic carbocycles. The lowest BCUT2D eigenvalue weighted by Crippen LogP contribution is -2.32. The first-order valence-corrected chi connectivity index (χ1v) is 5.89. The molecule has 1 N–H and O–H groups in total. The van der Waals surface area contributed by atoms with Gasteiger partial charge in [-0.15, -0.1) is 0 Å². The lowest BCUT2D eigenvalue weighted by Gasteiger charge is -2.25. The third-order valence-corrected chi connectivity index (χ3v) is 3.22. The van der Waals surface area contributed by atoms with Crippen LogP contribution < -0.4 is 5.32 Å². The molecule has 2 aromatic rings. The second-order valence-corrected chi connectivity index (χ2v) is 4.34. The Morgan fingerprint density at radius 1 is 1.44 bits per heavy atom. The number of pyridine rings is 1. The Labute approximate surface area is 94.7 Å². The van der Waals surface area contributed by atoms with Crippen molar-refractivity contribution in [1.82, 2.24) is 19.9 Å². The Balaban J connectivity index is 2.10. The first kappa shape index (κ1) is 9.78. The molecule has 1 saturated heterocycles. The number of nitrogens with zero attached hydrogens (tertiary/aromatic N) is 3. The average molecular weight is 216 g/mol. The lowest BCUT2D eigenvalue weighted by atomic mass is 10.1. The van der Waals surface area contributed by atoms with Crippen molar-refractivity contribution in [2.45, 2.75) is 32.4 Å². The van der Waals surface area contributed by atoms with Gasteiger partial charge in [-0.25, -0.2) is 9.97 Å². The van der Waals surface area contributed by atoms with Crippen LogP contribution in [0.4, 0.5) is 0 Å². The zero-order chi connectivity index (χ0) is 11.0. The van der Waals surface area contributed by atoms with Crippen LogP contribution in [0.15, 0.2) is 18.3 Å². The molecule has 2 aromatic heterocycles. The van der Waals surface area contributed by atoms with Crippen LogP contribution in [0.5, 0.6) is 0 Å². The first-order valence-electron chi connectivity index (χ1n) is 5.89. The van der Waals surface area contributed by atoms with Crippen molar-refractivity contribution < 1.29 is 0 Å². The van der Waals surface area contributed by atoms with Gasteiger partial charge in [0.25, 0.3) is 0 Å². The number of piperidine rings is 1. The summed E-state index contributed by atoms with van der Waals surface area (Å²) >= 11 is 0. The van der Waals surface area contributed by atoms with E-state index >= 15 is 0 Å². The minimum Gasteiger partial charge on any atom is -0.297 e. The van der Waals surface area contributed by atoms with Gasteiger partial charge in [-0.05, 0) is 44.9 Å². The minimum absolute atomic E-state index is 0.369. The van der Waals surface area contributed by atoms with Crippen LogP contribution in [0.1, 0.15) is 31.3 Å². The van der Waals surface area contributed by atoms with Crippen LogP contribution in [-0.2, 0) is 0 Å². The molecule has 1 atom stereocenters. The van der Waals surface area contributed by atoms with E-state index < -0.39 is 0 Å². The maximum Gasteiger partial charge on any atom is 0.161 e. The van der Waals surface area contributed by atoms with Gasteiger partial charge in [0.2, 0.25) is 0 Å². The third-order valence-electron chi connectivity index (χ3n) is 3.22. The van der Waals surface area contributed by atoms with Crippen LogP contribution in [0, 0.1) is 6.92 Å². The van der Waals surface area contributed by atoms with Crippen molar-refractivity contribution in [1.29, 1.82) is 0 Å². The maximum atomic E-state index is 4.55. The van der Waals surface area contributed by atoms with Crippen LogP contribution in [0.3, 0.4) is 0 Å². The molecule has 1 aliphatic rings. The first-order chi connectivity index (χ1) is 7.86. The Hall–Kier alpha value is -1.42. The van der Waals surface area contributed by atoms with E-state index in [9.17, 15) is 0 Å². The quantitative estimate of drug-likeness (QED) is 0.793. The van der Waals surface area contributed by atoms with Gasteiger partial charge in [0.05, 0.1) is 6.17 Å². The summed E-state index contributed by atoms with van der Waals surface area (Å²) in [6.45, 7) is 3.15. The summed E-state index contributed by atoms with van der Waals surface area (Å²) < 4.78 is 2.23. The second-order valence-electron chi connectivity index (χ2n) is 4.34. The fourth-order valence-corrected chi connectivity index (χ4v) is 2.47. The molecule has 0 spiro atoms. The second kappa shape index (κ2) is 3.87. The highest BCUT2D eigenvalue weighted by Gasteiger charge is 2.19. The van der Waals surface area contributed by atoms with E-state index in [2.05, 4.69) is 26.8 Å². The molecular weight excluding hydrogens is 200 g/mol. The maximum absolute atomic E-state index is 4.55. The number of aryl methyl sites for hydroxylation is 1. The highest BCUT2D eigenvalue weighted by atomic mass is 15.2. The number of aromatic nitrogens is 3. The molecule has 1 aliphatic heterocycles. The summed E-state index contributed by atoms with van der Waals surface area (Å²) in [6.07, 6.45) is 5.93. The van der Waals surface area contributed by atoms with Gasteiger partial charge in [-0.1, -0.05) is 0 Å². The summed E-state index contributed by atoms with van der Waals surface area (Å²) in [5.74, 6) is 1.05. The van der Waals surface area contributed by atoms with Gasteiger partial charge in [0.15, 0.2) is 5.65 Å². The molecule has 0 radical (unpaired) electrons. The summed E-state index contributed by atoms with van der Waals surface area (Å²) in [5.41, 5.74) is 1.99. The molecule has 0 bridgehead atoms. The van der Waals surface area contributed by atoms with Crippen LogP contribution in [0.2, 0.25) is 0 Å². The van der Waals surface area contributed by atoms with Gasteiger partial charge in [0, 0.05) is 6.20 Å². The van der Waals surface area contributed by atoms with Crippen molar-refractivity contribution in [3.05, 3.63) is 24.2 Å². The molecule has 0 saturated carbocycles. The Kier molecular flexibility index (Phi) is 2.36. The zero-order valence-electron chi connectivity index (χ0n) is 9.48. The standard InChI is InChI=1S/C12H16N4/c1-9-15-10-5-4-8-14-12(10)16(9)11-6-2-3-7-13-11/h4-5,8,11,13H,2-3,6-7H2,1H3. The molecule has 84 valence electrons. The van der Waals surface area contributed by atoms with E-state index in [1.54, 1.807) is 0 Å². The van der Waals surface area contributed by atoms with Crippen LogP contribution in [0.25, 0.3) is 11.2 Å². The van der Waals surface area contributed by atoms with Crippen molar-refractivity contribution in [2.75, 3.05) is 6.54 Å². The van der Waals surface area contributed by atoms with Crippen molar-refractivity contribution in [2.24, 2.45) is 0 Å². The molecular formula is C12H16N4. The van der Waals surface area contributed by atoms with E-state index in [0.717, 1.165) is 23.5 Å². The summed E-state index contributed by atoms with van der Waals surface area (Å²) in [4.78, 5) is 8.99. The number of rotatable bonds is 1. The Morgan fingerprint density at radius 2 is 2.38 bits per heavy atom. The molecule has 0 aliphatic carbocycles. The summed E-state index contributed by atoms with van der Waals surface area (Å²) in [6, 6.07) is 3.96. The van der Waals surface area contributed by atoms with Gasteiger partial charge in [0.1, 0.15) is 11.3 Å². The minimum atomic E-state index is 0.369. The molecule has 3 rings (SSSR count). The fourth-order valence-electron chi connectivity index (χ4n) is 2.47. The highest BCUT2D eigenvalue weighted by molar-refractivity contribution is 5.71. The van der Waals surface area contributed by atoms with Crippen molar-refractivity contribution in [3.63, 3.8) is 0 Å². The topological polar surface area (TPSA) is 42.7 Å². The molecule has 0 amide bonds. The van der Waals surface area contributed by atoms with Crippen molar-refractivity contribution in [3.8, 4) is 0 Å². The van der Waals surface area contributed by atoms with Gasteiger partial charge < -0.3 is 0 Å². The van der Waals surface area contributed by atoms with Gasteiger partial charge in [-0.3, -0.25) is 9.88 Å². The number of fused-ring (bicyclic) bond motifs is 1. The fraction of sp³-hybridized carbons (Fsp3) is 0.500. The molecule has 1 fully saturated rings. The van der Waals surface area contributed by atoms with E-state index in [4.69, 9.17) is 0 Å². The third kappa shape index (κ3) is 1.50. The molecule has 1 unspecified atom stereocenters. The molecule has 4 nitrogen and oxygen atoms in total. The predicted octanol–water partition coefficient (Wildman–Crippen LogP) is 2.01. The SMILES string of the molecule is Cc1nc2cccnc2n1C1CCCCN1. The van der Waals surface area contributed by atoms with Crippen LogP contribution >= 0.6 is 0 Å². The van der Waals surface area contributed by atoms with E-state index in [-0.39, 0.29) is 0 Å². The zero-order valence-corrected chi connectivity index (χ0v) is 9.48. The largest absolute Gasteiger partial charge is 0.297 e. The number of imidazole rings is 1.